The smallest absolute Gasteiger partial charge is 0.255 e. The number of amides is 1. The van der Waals surface area contributed by atoms with E-state index in [2.05, 4.69) is 26.2 Å². The van der Waals surface area contributed by atoms with Crippen molar-refractivity contribution in [2.75, 3.05) is 24.4 Å². The van der Waals surface area contributed by atoms with Gasteiger partial charge in [-0.3, -0.25) is 4.79 Å². The Bertz CT molecular complexity index is 1090. The molecule has 0 aliphatic carbocycles. The number of rotatable bonds is 6. The van der Waals surface area contributed by atoms with Crippen LogP contribution in [0.4, 0.5) is 11.6 Å². The van der Waals surface area contributed by atoms with E-state index < -0.39 is 6.04 Å². The second-order valence-corrected chi connectivity index (χ2v) is 6.67. The van der Waals surface area contributed by atoms with Gasteiger partial charge in [-0.15, -0.1) is 0 Å². The van der Waals surface area contributed by atoms with Gasteiger partial charge >= 0.3 is 0 Å². The molecule has 1 aromatic heterocycles. The van der Waals surface area contributed by atoms with E-state index in [1.165, 1.54) is 0 Å². The Balaban J connectivity index is 1.75. The Labute approximate surface area is 173 Å². The third-order valence-corrected chi connectivity index (χ3v) is 4.82. The number of carbonyl (C=O) groups excluding carboxylic acids is 1. The lowest BCUT2D eigenvalue weighted by Crippen LogP contribution is -2.31. The molecule has 0 spiro atoms. The highest BCUT2D eigenvalue weighted by molar-refractivity contribution is 6.06. The van der Waals surface area contributed by atoms with E-state index in [-0.39, 0.29) is 5.91 Å². The van der Waals surface area contributed by atoms with Crippen molar-refractivity contribution in [2.45, 2.75) is 19.9 Å². The Morgan fingerprint density at radius 3 is 2.70 bits per heavy atom. The van der Waals surface area contributed by atoms with Gasteiger partial charge in [0.25, 0.3) is 5.91 Å². The number of methoxy groups -OCH3 is 1. The second-order valence-electron chi connectivity index (χ2n) is 6.67. The number of allylic oxidation sites excluding steroid dienone is 1. The van der Waals surface area contributed by atoms with Gasteiger partial charge in [-0.1, -0.05) is 23.3 Å². The van der Waals surface area contributed by atoms with Gasteiger partial charge in [0.1, 0.15) is 17.5 Å². The third kappa shape index (κ3) is 3.57. The second kappa shape index (κ2) is 8.24. The predicted molar refractivity (Wildman–Crippen MR) is 112 cm³/mol. The normalized spacial score (nSPS) is 15.2. The van der Waals surface area contributed by atoms with E-state index in [9.17, 15) is 4.79 Å². The first kappa shape index (κ1) is 19.4. The van der Waals surface area contributed by atoms with Crippen molar-refractivity contribution in [1.82, 2.24) is 20.2 Å². The number of fused-ring (bicyclic) bond motifs is 1. The Morgan fingerprint density at radius 1 is 1.20 bits per heavy atom. The monoisotopic (exact) mass is 406 g/mol. The van der Waals surface area contributed by atoms with Crippen LogP contribution in [0.1, 0.15) is 25.5 Å². The molecule has 0 fully saturated rings. The van der Waals surface area contributed by atoms with Crippen molar-refractivity contribution < 1.29 is 14.3 Å². The topological polar surface area (TPSA) is 103 Å². The van der Waals surface area contributed by atoms with Gasteiger partial charge < -0.3 is 20.1 Å². The lowest BCUT2D eigenvalue weighted by atomic mass is 9.94. The highest BCUT2D eigenvalue weighted by Gasteiger charge is 2.35. The molecule has 1 amide bonds. The zero-order chi connectivity index (χ0) is 21.1. The average Bonchev–Trinajstić information content (AvgIpc) is 3.22. The molecule has 1 atom stereocenters. The van der Waals surface area contributed by atoms with Crippen LogP contribution in [0.25, 0.3) is 0 Å². The summed E-state index contributed by atoms with van der Waals surface area (Å²) in [6.07, 6.45) is 0. The molecule has 0 unspecified atom stereocenters. The summed E-state index contributed by atoms with van der Waals surface area (Å²) in [4.78, 5) is 13.4. The molecule has 1 aliphatic rings. The van der Waals surface area contributed by atoms with Crippen molar-refractivity contribution in [1.29, 1.82) is 0 Å². The number of anilines is 2. The quantitative estimate of drug-likeness (QED) is 0.649. The number of tetrazole rings is 1. The summed E-state index contributed by atoms with van der Waals surface area (Å²) >= 11 is 0. The lowest BCUT2D eigenvalue weighted by molar-refractivity contribution is -0.113. The SMILES string of the molecule is CCOc1ccccc1[C@@H]1C(C(=O)Nc2ccc(OC)cc2)=C(C)Nc2nnnn21. The molecule has 0 saturated carbocycles. The summed E-state index contributed by atoms with van der Waals surface area (Å²) in [5.74, 6) is 1.59. The summed E-state index contributed by atoms with van der Waals surface area (Å²) < 4.78 is 12.6. The van der Waals surface area contributed by atoms with Crippen molar-refractivity contribution in [3.05, 3.63) is 65.4 Å². The van der Waals surface area contributed by atoms with Gasteiger partial charge in [0.15, 0.2) is 0 Å². The fourth-order valence-corrected chi connectivity index (χ4v) is 3.46. The Hall–Kier alpha value is -3.88. The van der Waals surface area contributed by atoms with E-state index in [4.69, 9.17) is 9.47 Å². The minimum Gasteiger partial charge on any atom is -0.497 e. The average molecular weight is 406 g/mol. The highest BCUT2D eigenvalue weighted by Crippen LogP contribution is 2.38. The molecule has 2 heterocycles. The molecule has 154 valence electrons. The zero-order valence-corrected chi connectivity index (χ0v) is 16.9. The minimum absolute atomic E-state index is 0.261. The molecule has 30 heavy (non-hydrogen) atoms. The number of benzene rings is 2. The number of nitrogens with zero attached hydrogens (tertiary/aromatic N) is 4. The highest BCUT2D eigenvalue weighted by atomic mass is 16.5. The molecule has 9 nitrogen and oxygen atoms in total. The molecule has 1 aliphatic heterocycles. The van der Waals surface area contributed by atoms with E-state index in [0.29, 0.717) is 41.0 Å². The molecule has 2 N–H and O–H groups in total. The molecule has 3 aromatic rings. The predicted octanol–water partition coefficient (Wildman–Crippen LogP) is 3.01. The summed E-state index contributed by atoms with van der Waals surface area (Å²) in [7, 11) is 1.60. The molecular weight excluding hydrogens is 384 g/mol. The molecule has 0 radical (unpaired) electrons. The van der Waals surface area contributed by atoms with Crippen LogP contribution in [-0.2, 0) is 4.79 Å². The summed E-state index contributed by atoms with van der Waals surface area (Å²) in [6, 6.07) is 14.2. The minimum atomic E-state index is -0.544. The summed E-state index contributed by atoms with van der Waals surface area (Å²) in [5, 5.41) is 18.0. The number of para-hydroxylation sites is 1. The third-order valence-electron chi connectivity index (χ3n) is 4.82. The molecule has 0 bridgehead atoms. The number of hydrogen-bond donors (Lipinski definition) is 2. The molecule has 9 heteroatoms. The Morgan fingerprint density at radius 2 is 1.97 bits per heavy atom. The van der Waals surface area contributed by atoms with Gasteiger partial charge in [0.05, 0.1) is 19.3 Å². The summed E-state index contributed by atoms with van der Waals surface area (Å²) in [5.41, 5.74) is 2.62. The maximum Gasteiger partial charge on any atom is 0.255 e. The van der Waals surface area contributed by atoms with Crippen LogP contribution in [0.2, 0.25) is 0 Å². The van der Waals surface area contributed by atoms with Gasteiger partial charge in [-0.2, -0.15) is 4.68 Å². The number of ether oxygens (including phenoxy) is 2. The lowest BCUT2D eigenvalue weighted by Gasteiger charge is -2.29. The first-order valence-corrected chi connectivity index (χ1v) is 9.55. The fourth-order valence-electron chi connectivity index (χ4n) is 3.46. The summed E-state index contributed by atoms with van der Waals surface area (Å²) in [6.45, 7) is 4.25. The number of hydrogen-bond acceptors (Lipinski definition) is 7. The maximum atomic E-state index is 13.4. The molecular formula is C21H22N6O3. The van der Waals surface area contributed by atoms with E-state index in [0.717, 1.165) is 5.56 Å². The molecule has 2 aromatic carbocycles. The Kier molecular flexibility index (Phi) is 5.34. The van der Waals surface area contributed by atoms with Gasteiger partial charge in [0.2, 0.25) is 5.95 Å². The van der Waals surface area contributed by atoms with Crippen molar-refractivity contribution in [2.24, 2.45) is 0 Å². The van der Waals surface area contributed by atoms with E-state index in [1.807, 2.05) is 38.1 Å². The van der Waals surface area contributed by atoms with Crippen LogP contribution in [0, 0.1) is 0 Å². The first-order chi connectivity index (χ1) is 14.6. The van der Waals surface area contributed by atoms with Crippen molar-refractivity contribution >= 4 is 17.5 Å². The van der Waals surface area contributed by atoms with Crippen LogP contribution in [0.3, 0.4) is 0 Å². The molecule has 0 saturated heterocycles. The van der Waals surface area contributed by atoms with Crippen LogP contribution >= 0.6 is 0 Å². The number of nitrogens with one attached hydrogen (secondary N) is 2. The van der Waals surface area contributed by atoms with Gasteiger partial charge in [-0.25, -0.2) is 0 Å². The van der Waals surface area contributed by atoms with Crippen LogP contribution in [0.15, 0.2) is 59.8 Å². The zero-order valence-electron chi connectivity index (χ0n) is 16.9. The van der Waals surface area contributed by atoms with Crippen LogP contribution in [-0.4, -0.2) is 39.8 Å². The largest absolute Gasteiger partial charge is 0.497 e. The maximum absolute atomic E-state index is 13.4. The van der Waals surface area contributed by atoms with Crippen LogP contribution < -0.4 is 20.1 Å². The van der Waals surface area contributed by atoms with E-state index in [1.54, 1.807) is 36.1 Å². The fraction of sp³-hybridized carbons (Fsp3) is 0.238. The van der Waals surface area contributed by atoms with Gasteiger partial charge in [0, 0.05) is 16.9 Å². The standard InChI is InChI=1S/C21H22N6O3/c1-4-30-17-8-6-5-7-16(17)19-18(13(2)22-21-24-25-26-27(19)21)20(28)23-14-9-11-15(29-3)12-10-14/h5-12,19H,4H2,1-3H3,(H,23,28)(H,22,24,26)/t19-/m1/s1. The number of carbonyl (C=O) groups is 1. The van der Waals surface area contributed by atoms with Crippen LogP contribution in [0.5, 0.6) is 11.5 Å². The van der Waals surface area contributed by atoms with Gasteiger partial charge in [-0.05, 0) is 54.6 Å². The van der Waals surface area contributed by atoms with Crippen molar-refractivity contribution in [3.8, 4) is 11.5 Å². The first-order valence-electron chi connectivity index (χ1n) is 9.55. The van der Waals surface area contributed by atoms with Crippen molar-refractivity contribution in [3.63, 3.8) is 0 Å². The van der Waals surface area contributed by atoms with E-state index >= 15 is 0 Å². The molecule has 4 rings (SSSR count). The number of aromatic nitrogens is 4.